The maximum absolute atomic E-state index is 4.61. The van der Waals surface area contributed by atoms with Crippen LogP contribution >= 0.6 is 0 Å². The van der Waals surface area contributed by atoms with Crippen molar-refractivity contribution < 1.29 is 9.47 Å². The van der Waals surface area contributed by atoms with Gasteiger partial charge in [0.05, 0.1) is 0 Å². The van der Waals surface area contributed by atoms with Crippen LogP contribution in [0.25, 0.3) is 0 Å². The van der Waals surface area contributed by atoms with E-state index in [1.807, 2.05) is 0 Å². The summed E-state index contributed by atoms with van der Waals surface area (Å²) in [7, 11) is 0. The van der Waals surface area contributed by atoms with E-state index in [0.29, 0.717) is 13.5 Å². The molecule has 0 aromatic heterocycles. The summed E-state index contributed by atoms with van der Waals surface area (Å²) in [6, 6.07) is 0. The Morgan fingerprint density at radius 1 is 1.33 bits per heavy atom. The molecule has 1 heterocycles. The molecule has 0 aromatic rings. The van der Waals surface area contributed by atoms with Crippen molar-refractivity contribution in [1.82, 2.24) is 5.32 Å². The van der Waals surface area contributed by atoms with Gasteiger partial charge in [-0.3, -0.25) is 5.32 Å². The molecule has 0 bridgehead atoms. The van der Waals surface area contributed by atoms with Gasteiger partial charge in [0.15, 0.2) is 0 Å². The third-order valence-electron chi connectivity index (χ3n) is 0.507. The van der Waals surface area contributed by atoms with Crippen LogP contribution < -0.4 is 5.32 Å². The molecule has 1 aliphatic rings. The topological polar surface area (TPSA) is 30.5 Å². The molecular weight excluding hydrogens is 82.0 g/mol. The van der Waals surface area contributed by atoms with Crippen LogP contribution in [0.5, 0.6) is 0 Å². The summed E-state index contributed by atoms with van der Waals surface area (Å²) in [4.78, 5) is 0. The summed E-state index contributed by atoms with van der Waals surface area (Å²) < 4.78 is 9.22. The average Bonchev–Trinajstić information content (AvgIpc) is 1.72. The van der Waals surface area contributed by atoms with E-state index in [4.69, 9.17) is 0 Å². The van der Waals surface area contributed by atoms with Gasteiger partial charge in [-0.1, -0.05) is 0 Å². The molecule has 0 saturated carbocycles. The van der Waals surface area contributed by atoms with Crippen molar-refractivity contribution in [3.63, 3.8) is 0 Å². The van der Waals surface area contributed by atoms with Gasteiger partial charge in [-0.25, -0.2) is 0 Å². The van der Waals surface area contributed by atoms with Crippen LogP contribution in [0.2, 0.25) is 0 Å². The lowest BCUT2D eigenvalue weighted by Gasteiger charge is -2.10. The summed E-state index contributed by atoms with van der Waals surface area (Å²) in [6.45, 7) is 2.47. The Bertz CT molecular complexity index is 24.3. The highest BCUT2D eigenvalue weighted by Gasteiger charge is 1.93. The predicted octanol–water partition coefficient (Wildman–Crippen LogP) is -0.343. The first-order chi connectivity index (χ1) is 3.00. The molecule has 1 radical (unpaired) electrons. The van der Waals surface area contributed by atoms with Gasteiger partial charge in [-0.2, -0.15) is 0 Å². The molecular formula is C3H6NO2. The fourth-order valence-corrected chi connectivity index (χ4v) is 0.276. The van der Waals surface area contributed by atoms with E-state index < -0.39 is 0 Å². The van der Waals surface area contributed by atoms with Crippen LogP contribution in [0.3, 0.4) is 0 Å². The monoisotopic (exact) mass is 88.0 g/mol. The van der Waals surface area contributed by atoms with E-state index in [2.05, 4.69) is 14.8 Å². The summed E-state index contributed by atoms with van der Waals surface area (Å²) in [6.07, 6.45) is 0. The third-order valence-corrected chi connectivity index (χ3v) is 0.507. The molecule has 3 nitrogen and oxygen atoms in total. The van der Waals surface area contributed by atoms with Crippen molar-refractivity contribution in [3.05, 3.63) is 6.79 Å². The molecule has 1 aliphatic heterocycles. The summed E-state index contributed by atoms with van der Waals surface area (Å²) in [5.41, 5.74) is 0. The molecule has 0 unspecified atom stereocenters. The standard InChI is InChI=1S/C3H6NO2/c1-4-2-6-3-5-1/h3-4H,1-2H2. The Balaban J connectivity index is 2.00. The molecule has 0 aliphatic carbocycles. The molecule has 1 fully saturated rings. The highest BCUT2D eigenvalue weighted by molar-refractivity contribution is 4.36. The zero-order chi connectivity index (χ0) is 4.24. The quantitative estimate of drug-likeness (QED) is 0.439. The molecule has 1 rings (SSSR count). The van der Waals surface area contributed by atoms with Crippen LogP contribution in [0, 0.1) is 6.79 Å². The SMILES string of the molecule is [CH]1OCNCO1. The zero-order valence-electron chi connectivity index (χ0n) is 3.31. The minimum atomic E-state index is 0.569. The van der Waals surface area contributed by atoms with E-state index in [0.717, 1.165) is 0 Å². The maximum atomic E-state index is 4.61. The minimum Gasteiger partial charge on any atom is -0.332 e. The summed E-state index contributed by atoms with van der Waals surface area (Å²) in [5, 5.41) is 2.81. The van der Waals surface area contributed by atoms with Crippen LogP contribution in [0.1, 0.15) is 0 Å². The molecule has 6 heavy (non-hydrogen) atoms. The van der Waals surface area contributed by atoms with Gasteiger partial charge in [-0.05, 0) is 0 Å². The Kier molecular flexibility index (Phi) is 1.43. The molecule has 0 atom stereocenters. The molecule has 1 N–H and O–H groups in total. The van der Waals surface area contributed by atoms with E-state index >= 15 is 0 Å². The van der Waals surface area contributed by atoms with Crippen molar-refractivity contribution in [1.29, 1.82) is 0 Å². The number of hydrogen-bond donors (Lipinski definition) is 1. The average molecular weight is 88.1 g/mol. The van der Waals surface area contributed by atoms with Gasteiger partial charge in [0.1, 0.15) is 13.5 Å². The van der Waals surface area contributed by atoms with E-state index in [-0.39, 0.29) is 0 Å². The Morgan fingerprint density at radius 3 is 2.17 bits per heavy atom. The van der Waals surface area contributed by atoms with Crippen LogP contribution in [0.15, 0.2) is 0 Å². The van der Waals surface area contributed by atoms with Crippen molar-refractivity contribution in [2.75, 3.05) is 13.5 Å². The lowest BCUT2D eigenvalue weighted by atomic mass is 11.0. The largest absolute Gasteiger partial charge is 0.332 e. The van der Waals surface area contributed by atoms with E-state index in [1.165, 1.54) is 6.79 Å². The highest BCUT2D eigenvalue weighted by atomic mass is 16.7. The van der Waals surface area contributed by atoms with Gasteiger partial charge >= 0.3 is 0 Å². The molecule has 0 amide bonds. The van der Waals surface area contributed by atoms with Crippen LogP contribution in [-0.2, 0) is 9.47 Å². The summed E-state index contributed by atoms with van der Waals surface area (Å²) >= 11 is 0. The van der Waals surface area contributed by atoms with Gasteiger partial charge in [0.25, 0.3) is 0 Å². The zero-order valence-corrected chi connectivity index (χ0v) is 3.31. The predicted molar refractivity (Wildman–Crippen MR) is 19.3 cm³/mol. The Labute approximate surface area is 36.2 Å². The maximum Gasteiger partial charge on any atom is 0.212 e. The Hall–Kier alpha value is -0.120. The second-order valence-corrected chi connectivity index (χ2v) is 0.968. The van der Waals surface area contributed by atoms with Gasteiger partial charge in [-0.15, -0.1) is 0 Å². The lowest BCUT2D eigenvalue weighted by molar-refractivity contribution is -0.0476. The highest BCUT2D eigenvalue weighted by Crippen LogP contribution is 1.85. The fraction of sp³-hybridized carbons (Fsp3) is 0.667. The lowest BCUT2D eigenvalue weighted by Crippen LogP contribution is -2.25. The number of nitrogens with one attached hydrogen (secondary N) is 1. The van der Waals surface area contributed by atoms with E-state index in [1.54, 1.807) is 0 Å². The van der Waals surface area contributed by atoms with Gasteiger partial charge in [0, 0.05) is 0 Å². The normalized spacial score (nSPS) is 24.0. The summed E-state index contributed by atoms with van der Waals surface area (Å²) in [5.74, 6) is 0. The third kappa shape index (κ3) is 0.931. The molecule has 35 valence electrons. The Morgan fingerprint density at radius 2 is 2.00 bits per heavy atom. The van der Waals surface area contributed by atoms with Crippen molar-refractivity contribution in [3.8, 4) is 0 Å². The fourth-order valence-electron chi connectivity index (χ4n) is 0.276. The van der Waals surface area contributed by atoms with Crippen LogP contribution in [-0.4, -0.2) is 13.5 Å². The van der Waals surface area contributed by atoms with Crippen LogP contribution in [0.4, 0.5) is 0 Å². The molecule has 3 heteroatoms. The number of hydrogen-bond acceptors (Lipinski definition) is 3. The van der Waals surface area contributed by atoms with Crippen molar-refractivity contribution >= 4 is 0 Å². The molecule has 0 aromatic carbocycles. The molecule has 1 saturated heterocycles. The second-order valence-electron chi connectivity index (χ2n) is 0.968. The molecule has 0 spiro atoms. The van der Waals surface area contributed by atoms with E-state index in [9.17, 15) is 0 Å². The first-order valence-electron chi connectivity index (χ1n) is 1.76. The van der Waals surface area contributed by atoms with Gasteiger partial charge in [0.2, 0.25) is 6.79 Å². The number of ether oxygens (including phenoxy) is 2. The first-order valence-corrected chi connectivity index (χ1v) is 1.76. The van der Waals surface area contributed by atoms with Gasteiger partial charge < -0.3 is 9.47 Å². The number of rotatable bonds is 0. The first kappa shape index (κ1) is 4.05. The minimum absolute atomic E-state index is 0.569. The smallest absolute Gasteiger partial charge is 0.212 e. The van der Waals surface area contributed by atoms with Crippen molar-refractivity contribution in [2.24, 2.45) is 0 Å². The second kappa shape index (κ2) is 2.12. The van der Waals surface area contributed by atoms with Crippen molar-refractivity contribution in [2.45, 2.75) is 0 Å².